The highest BCUT2D eigenvalue weighted by molar-refractivity contribution is 5.81. The van der Waals surface area contributed by atoms with Gasteiger partial charge < -0.3 is 15.5 Å². The Kier molecular flexibility index (Phi) is 8.20. The number of benzene rings is 2. The van der Waals surface area contributed by atoms with Gasteiger partial charge in [-0.25, -0.2) is 13.6 Å². The third-order valence-electron chi connectivity index (χ3n) is 6.00. The van der Waals surface area contributed by atoms with Gasteiger partial charge in [-0.15, -0.1) is 0 Å². The number of unbranched alkanes of at least 4 members (excludes halogenated alkanes) is 1. The summed E-state index contributed by atoms with van der Waals surface area (Å²) in [5.74, 6) is -1.24. The minimum atomic E-state index is -0.392. The van der Waals surface area contributed by atoms with E-state index in [-0.39, 0.29) is 42.7 Å². The second-order valence-corrected chi connectivity index (χ2v) is 8.35. The first-order chi connectivity index (χ1) is 15.4. The van der Waals surface area contributed by atoms with E-state index >= 15 is 0 Å². The van der Waals surface area contributed by atoms with Crippen molar-refractivity contribution in [2.45, 2.75) is 52.1 Å². The summed E-state index contributed by atoms with van der Waals surface area (Å²) in [4.78, 5) is 27.5. The van der Waals surface area contributed by atoms with E-state index < -0.39 is 5.92 Å². The van der Waals surface area contributed by atoms with E-state index in [1.165, 1.54) is 12.1 Å². The maximum absolute atomic E-state index is 13.9. The Labute approximate surface area is 188 Å². The first-order valence-corrected chi connectivity index (χ1v) is 11.2. The molecule has 2 atom stereocenters. The number of halogens is 2. The van der Waals surface area contributed by atoms with Crippen molar-refractivity contribution in [3.63, 3.8) is 0 Å². The highest BCUT2D eigenvalue weighted by Gasteiger charge is 2.35. The van der Waals surface area contributed by atoms with Gasteiger partial charge in [-0.1, -0.05) is 43.7 Å². The lowest BCUT2D eigenvalue weighted by Gasteiger charge is -2.39. The van der Waals surface area contributed by atoms with Crippen LogP contribution in [-0.2, 0) is 11.3 Å². The third-order valence-corrected chi connectivity index (χ3v) is 6.00. The van der Waals surface area contributed by atoms with Crippen molar-refractivity contribution in [3.8, 4) is 0 Å². The number of rotatable bonds is 7. The number of carbonyl (C=O) groups excluding carboxylic acids is 2. The van der Waals surface area contributed by atoms with Crippen LogP contribution in [0.2, 0.25) is 0 Å². The van der Waals surface area contributed by atoms with E-state index in [1.54, 1.807) is 42.2 Å². The van der Waals surface area contributed by atoms with Crippen LogP contribution in [0.5, 0.6) is 0 Å². The number of hydrogen-bond donors (Lipinski definition) is 2. The number of urea groups is 1. The molecule has 0 bridgehead atoms. The molecule has 0 radical (unpaired) electrons. The molecule has 1 fully saturated rings. The van der Waals surface area contributed by atoms with E-state index in [0.717, 1.165) is 18.4 Å². The molecule has 1 saturated heterocycles. The van der Waals surface area contributed by atoms with Crippen molar-refractivity contribution in [2.24, 2.45) is 5.92 Å². The number of nitrogens with one attached hydrogen (secondary N) is 2. The number of piperidine rings is 1. The molecule has 0 unspecified atom stereocenters. The number of aryl methyl sites for hydroxylation is 1. The standard InChI is InChI=1S/C25H31F2N3O2/c1-3-4-13-28-25(32)30-16-20(24(31)29-15-19-7-5-6-8-22(19)27)10-12-23(30)18-9-11-21(26)17(2)14-18/h5-9,11,14,20,23H,3-4,10,12-13,15-16H2,1-2H3,(H,28,32)(H,29,31)/t20-,23+/m0/s1. The topological polar surface area (TPSA) is 61.4 Å². The van der Waals surface area contributed by atoms with Crippen LogP contribution >= 0.6 is 0 Å². The minimum absolute atomic E-state index is 0.102. The molecule has 2 aromatic rings. The molecule has 2 N–H and O–H groups in total. The zero-order valence-electron chi connectivity index (χ0n) is 18.7. The zero-order valence-corrected chi connectivity index (χ0v) is 18.7. The fraction of sp³-hybridized carbons (Fsp3) is 0.440. The average Bonchev–Trinajstić information content (AvgIpc) is 2.80. The highest BCUT2D eigenvalue weighted by Crippen LogP contribution is 2.34. The molecule has 5 nitrogen and oxygen atoms in total. The van der Waals surface area contributed by atoms with Gasteiger partial charge in [0.25, 0.3) is 0 Å². The maximum Gasteiger partial charge on any atom is 0.317 e. The van der Waals surface area contributed by atoms with Gasteiger partial charge in [-0.2, -0.15) is 0 Å². The van der Waals surface area contributed by atoms with E-state index in [0.29, 0.717) is 30.5 Å². The fourth-order valence-electron chi connectivity index (χ4n) is 4.07. The number of carbonyl (C=O) groups is 2. The van der Waals surface area contributed by atoms with Crippen molar-refractivity contribution >= 4 is 11.9 Å². The molecule has 0 saturated carbocycles. The molecule has 1 heterocycles. The SMILES string of the molecule is CCCCNC(=O)N1C[C@@H](C(=O)NCc2ccccc2F)CC[C@@H]1c1ccc(F)c(C)c1. The van der Waals surface area contributed by atoms with Crippen LogP contribution in [-0.4, -0.2) is 29.9 Å². The van der Waals surface area contributed by atoms with Crippen molar-refractivity contribution in [3.05, 3.63) is 70.8 Å². The Morgan fingerprint density at radius 1 is 1.06 bits per heavy atom. The molecule has 0 aliphatic carbocycles. The van der Waals surface area contributed by atoms with Crippen LogP contribution in [0.15, 0.2) is 42.5 Å². The second-order valence-electron chi connectivity index (χ2n) is 8.35. The van der Waals surface area contributed by atoms with Crippen LogP contribution < -0.4 is 10.6 Å². The lowest BCUT2D eigenvalue weighted by Crippen LogP contribution is -2.50. The molecular weight excluding hydrogens is 412 g/mol. The van der Waals surface area contributed by atoms with Gasteiger partial charge in [0.05, 0.1) is 12.0 Å². The molecule has 1 aliphatic heterocycles. The largest absolute Gasteiger partial charge is 0.352 e. The molecule has 32 heavy (non-hydrogen) atoms. The molecule has 3 rings (SSSR count). The molecule has 3 amide bonds. The smallest absolute Gasteiger partial charge is 0.317 e. The predicted octanol–water partition coefficient (Wildman–Crippen LogP) is 4.85. The summed E-state index contributed by atoms with van der Waals surface area (Å²) in [6, 6.07) is 10.8. The molecule has 1 aliphatic rings. The molecule has 0 aromatic heterocycles. The van der Waals surface area contributed by atoms with E-state index in [1.807, 2.05) is 6.92 Å². The van der Waals surface area contributed by atoms with E-state index in [2.05, 4.69) is 10.6 Å². The Hall–Kier alpha value is -2.96. The fourth-order valence-corrected chi connectivity index (χ4v) is 4.07. The molecule has 0 spiro atoms. The summed E-state index contributed by atoms with van der Waals surface area (Å²) in [6.45, 7) is 4.66. The van der Waals surface area contributed by atoms with Crippen molar-refractivity contribution in [1.29, 1.82) is 0 Å². The molecular formula is C25H31F2N3O2. The van der Waals surface area contributed by atoms with Gasteiger partial charge in [-0.3, -0.25) is 4.79 Å². The van der Waals surface area contributed by atoms with Gasteiger partial charge >= 0.3 is 6.03 Å². The first-order valence-electron chi connectivity index (χ1n) is 11.2. The third kappa shape index (κ3) is 5.84. The number of hydrogen-bond acceptors (Lipinski definition) is 2. The van der Waals surface area contributed by atoms with Crippen LogP contribution in [0, 0.1) is 24.5 Å². The van der Waals surface area contributed by atoms with Crippen molar-refractivity contribution in [2.75, 3.05) is 13.1 Å². The van der Waals surface area contributed by atoms with Gasteiger partial charge in [0.2, 0.25) is 5.91 Å². The normalized spacial score (nSPS) is 18.3. The Balaban J connectivity index is 1.72. The van der Waals surface area contributed by atoms with Crippen LogP contribution in [0.25, 0.3) is 0 Å². The lowest BCUT2D eigenvalue weighted by molar-refractivity contribution is -0.127. The molecule has 2 aromatic carbocycles. The first kappa shape index (κ1) is 23.7. The number of likely N-dealkylation sites (tertiary alicyclic amines) is 1. The summed E-state index contributed by atoms with van der Waals surface area (Å²) >= 11 is 0. The van der Waals surface area contributed by atoms with Gasteiger partial charge in [-0.05, 0) is 49.4 Å². The van der Waals surface area contributed by atoms with Crippen molar-refractivity contribution in [1.82, 2.24) is 15.5 Å². The minimum Gasteiger partial charge on any atom is -0.352 e. The lowest BCUT2D eigenvalue weighted by atomic mass is 9.88. The van der Waals surface area contributed by atoms with Gasteiger partial charge in [0, 0.05) is 25.2 Å². The van der Waals surface area contributed by atoms with Gasteiger partial charge in [0.15, 0.2) is 0 Å². The summed E-state index contributed by atoms with van der Waals surface area (Å²) in [6.07, 6.45) is 3.00. The monoisotopic (exact) mass is 443 g/mol. The summed E-state index contributed by atoms with van der Waals surface area (Å²) in [7, 11) is 0. The van der Waals surface area contributed by atoms with Crippen LogP contribution in [0.4, 0.5) is 13.6 Å². The van der Waals surface area contributed by atoms with E-state index in [4.69, 9.17) is 0 Å². The van der Waals surface area contributed by atoms with Crippen molar-refractivity contribution < 1.29 is 18.4 Å². The predicted molar refractivity (Wildman–Crippen MR) is 120 cm³/mol. The average molecular weight is 444 g/mol. The summed E-state index contributed by atoms with van der Waals surface area (Å²) in [5.41, 5.74) is 1.81. The molecule has 7 heteroatoms. The molecule has 172 valence electrons. The van der Waals surface area contributed by atoms with Gasteiger partial charge in [0.1, 0.15) is 11.6 Å². The van der Waals surface area contributed by atoms with E-state index in [9.17, 15) is 18.4 Å². The Bertz CT molecular complexity index is 951. The second kappa shape index (κ2) is 11.1. The Morgan fingerprint density at radius 2 is 1.84 bits per heavy atom. The zero-order chi connectivity index (χ0) is 23.1. The van der Waals surface area contributed by atoms with Crippen LogP contribution in [0.3, 0.4) is 0 Å². The summed E-state index contributed by atoms with van der Waals surface area (Å²) < 4.78 is 27.6. The quantitative estimate of drug-likeness (QED) is 0.601. The maximum atomic E-state index is 13.9. The summed E-state index contributed by atoms with van der Waals surface area (Å²) in [5, 5.41) is 5.74. The Morgan fingerprint density at radius 3 is 2.56 bits per heavy atom. The number of amides is 3. The van der Waals surface area contributed by atoms with Crippen LogP contribution in [0.1, 0.15) is 55.3 Å². The highest BCUT2D eigenvalue weighted by atomic mass is 19.1. The number of nitrogens with zero attached hydrogens (tertiary/aromatic N) is 1.